The van der Waals surface area contributed by atoms with Gasteiger partial charge in [-0.1, -0.05) is 12.1 Å². The second-order valence-electron chi connectivity index (χ2n) is 5.22. The molecule has 1 aliphatic heterocycles. The summed E-state index contributed by atoms with van der Waals surface area (Å²) < 4.78 is 0. The van der Waals surface area contributed by atoms with Crippen LogP contribution in [0.15, 0.2) is 18.2 Å². The summed E-state index contributed by atoms with van der Waals surface area (Å²) in [6.45, 7) is 3.49. The fourth-order valence-corrected chi connectivity index (χ4v) is 2.68. The topological polar surface area (TPSA) is 89.5 Å². The van der Waals surface area contributed by atoms with Crippen molar-refractivity contribution in [1.82, 2.24) is 4.90 Å². The molecule has 1 amide bonds. The maximum absolute atomic E-state index is 12.6. The molecule has 7 heteroatoms. The normalized spacial score (nSPS) is 18.0. The standard InChI is InChI=1S/C14H19N3O3.ClH/c1-10-4-2-6-12(17(19)20)13(10)14(18)16-7-3-5-11(8-15)9-16;/h2,4,6,11H,3,5,7-9,15H2,1H3;1H. The van der Waals surface area contributed by atoms with E-state index in [1.54, 1.807) is 24.0 Å². The van der Waals surface area contributed by atoms with Crippen molar-refractivity contribution >= 4 is 24.0 Å². The van der Waals surface area contributed by atoms with Crippen LogP contribution in [0.25, 0.3) is 0 Å². The van der Waals surface area contributed by atoms with E-state index in [9.17, 15) is 14.9 Å². The molecule has 6 nitrogen and oxygen atoms in total. The molecule has 2 rings (SSSR count). The Hall–Kier alpha value is -1.66. The minimum Gasteiger partial charge on any atom is -0.338 e. The number of nitrogens with two attached hydrogens (primary N) is 1. The lowest BCUT2D eigenvalue weighted by atomic mass is 9.96. The number of carbonyl (C=O) groups is 1. The first-order valence-corrected chi connectivity index (χ1v) is 6.78. The molecule has 116 valence electrons. The molecule has 0 radical (unpaired) electrons. The summed E-state index contributed by atoms with van der Waals surface area (Å²) in [6.07, 6.45) is 1.91. The van der Waals surface area contributed by atoms with E-state index in [0.717, 1.165) is 12.8 Å². The molecular weight excluding hydrogens is 294 g/mol. The Labute approximate surface area is 129 Å². The van der Waals surface area contributed by atoms with Crippen LogP contribution in [0, 0.1) is 23.0 Å². The Bertz CT molecular complexity index is 536. The number of nitro benzene ring substituents is 1. The third-order valence-corrected chi connectivity index (χ3v) is 3.80. The molecule has 21 heavy (non-hydrogen) atoms. The van der Waals surface area contributed by atoms with Crippen LogP contribution in [0.3, 0.4) is 0 Å². The van der Waals surface area contributed by atoms with Crippen LogP contribution in [0.2, 0.25) is 0 Å². The molecule has 1 aliphatic rings. The smallest absolute Gasteiger partial charge is 0.282 e. The number of aryl methyl sites for hydroxylation is 1. The van der Waals surface area contributed by atoms with Gasteiger partial charge in [-0.15, -0.1) is 12.4 Å². The fraction of sp³-hybridized carbons (Fsp3) is 0.500. The molecule has 1 fully saturated rings. The molecule has 1 unspecified atom stereocenters. The highest BCUT2D eigenvalue weighted by Gasteiger charge is 2.29. The first kappa shape index (κ1) is 17.4. The maximum Gasteiger partial charge on any atom is 0.282 e. The summed E-state index contributed by atoms with van der Waals surface area (Å²) in [5, 5.41) is 11.1. The van der Waals surface area contributed by atoms with Crippen molar-refractivity contribution < 1.29 is 9.72 Å². The van der Waals surface area contributed by atoms with Crippen molar-refractivity contribution in [3.05, 3.63) is 39.4 Å². The van der Waals surface area contributed by atoms with E-state index in [1.807, 2.05) is 0 Å². The molecule has 1 heterocycles. The Morgan fingerprint density at radius 1 is 1.52 bits per heavy atom. The zero-order valence-electron chi connectivity index (χ0n) is 11.9. The van der Waals surface area contributed by atoms with Crippen LogP contribution in [0.1, 0.15) is 28.8 Å². The minimum atomic E-state index is -0.495. The van der Waals surface area contributed by atoms with Crippen LogP contribution >= 0.6 is 12.4 Å². The Balaban J connectivity index is 0.00000220. The molecule has 1 aromatic carbocycles. The van der Waals surface area contributed by atoms with Crippen LogP contribution in [-0.4, -0.2) is 35.4 Å². The third kappa shape index (κ3) is 3.71. The van der Waals surface area contributed by atoms with Gasteiger partial charge >= 0.3 is 0 Å². The molecule has 1 atom stereocenters. The van der Waals surface area contributed by atoms with Gasteiger partial charge in [-0.2, -0.15) is 0 Å². The number of hydrogen-bond acceptors (Lipinski definition) is 4. The van der Waals surface area contributed by atoms with Gasteiger partial charge < -0.3 is 10.6 Å². The molecule has 0 bridgehead atoms. The monoisotopic (exact) mass is 313 g/mol. The number of nitrogens with zero attached hydrogens (tertiary/aromatic N) is 2. The minimum absolute atomic E-state index is 0. The van der Waals surface area contributed by atoms with Crippen LogP contribution < -0.4 is 5.73 Å². The largest absolute Gasteiger partial charge is 0.338 e. The maximum atomic E-state index is 12.6. The highest BCUT2D eigenvalue weighted by atomic mass is 35.5. The fourth-order valence-electron chi connectivity index (χ4n) is 2.68. The molecular formula is C14H20ClN3O3. The third-order valence-electron chi connectivity index (χ3n) is 3.80. The predicted molar refractivity (Wildman–Crippen MR) is 82.8 cm³/mol. The van der Waals surface area contributed by atoms with Gasteiger partial charge in [0.25, 0.3) is 11.6 Å². The van der Waals surface area contributed by atoms with Crippen LogP contribution in [0.4, 0.5) is 5.69 Å². The van der Waals surface area contributed by atoms with Crippen LogP contribution in [0.5, 0.6) is 0 Å². The average Bonchev–Trinajstić information content (AvgIpc) is 2.46. The number of carbonyl (C=O) groups excluding carboxylic acids is 1. The van der Waals surface area contributed by atoms with Gasteiger partial charge in [0.15, 0.2) is 0 Å². The van der Waals surface area contributed by atoms with E-state index in [-0.39, 0.29) is 35.5 Å². The van der Waals surface area contributed by atoms with Gasteiger partial charge in [-0.25, -0.2) is 0 Å². The molecule has 0 aromatic heterocycles. The van der Waals surface area contributed by atoms with Crippen molar-refractivity contribution in [2.75, 3.05) is 19.6 Å². The zero-order chi connectivity index (χ0) is 14.7. The first-order chi connectivity index (χ1) is 9.54. The van der Waals surface area contributed by atoms with Crippen molar-refractivity contribution in [2.45, 2.75) is 19.8 Å². The van der Waals surface area contributed by atoms with E-state index in [1.165, 1.54) is 6.07 Å². The molecule has 1 aromatic rings. The highest BCUT2D eigenvalue weighted by molar-refractivity contribution is 5.99. The number of likely N-dealkylation sites (tertiary alicyclic amines) is 1. The number of hydrogen-bond donors (Lipinski definition) is 1. The number of piperidine rings is 1. The van der Waals surface area contributed by atoms with Crippen molar-refractivity contribution in [3.8, 4) is 0 Å². The van der Waals surface area contributed by atoms with Gasteiger partial charge in [0, 0.05) is 19.2 Å². The quantitative estimate of drug-likeness (QED) is 0.684. The number of benzene rings is 1. The lowest BCUT2D eigenvalue weighted by molar-refractivity contribution is -0.385. The van der Waals surface area contributed by atoms with Crippen molar-refractivity contribution in [1.29, 1.82) is 0 Å². The van der Waals surface area contributed by atoms with E-state index in [0.29, 0.717) is 25.2 Å². The van der Waals surface area contributed by atoms with Crippen molar-refractivity contribution in [3.63, 3.8) is 0 Å². The highest BCUT2D eigenvalue weighted by Crippen LogP contribution is 2.25. The summed E-state index contributed by atoms with van der Waals surface area (Å²) in [5.41, 5.74) is 6.39. The molecule has 2 N–H and O–H groups in total. The predicted octanol–water partition coefficient (Wildman–Crippen LogP) is 2.14. The zero-order valence-corrected chi connectivity index (χ0v) is 12.8. The van der Waals surface area contributed by atoms with Crippen molar-refractivity contribution in [2.24, 2.45) is 11.7 Å². The second kappa shape index (κ2) is 7.38. The van der Waals surface area contributed by atoms with Gasteiger partial charge in [-0.05, 0) is 37.8 Å². The lowest BCUT2D eigenvalue weighted by Crippen LogP contribution is -2.42. The number of rotatable bonds is 3. The summed E-state index contributed by atoms with van der Waals surface area (Å²) in [7, 11) is 0. The number of nitro groups is 1. The summed E-state index contributed by atoms with van der Waals surface area (Å²) in [4.78, 5) is 24.9. The van der Waals surface area contributed by atoms with Gasteiger partial charge in [-0.3, -0.25) is 14.9 Å². The summed E-state index contributed by atoms with van der Waals surface area (Å²) in [6, 6.07) is 4.71. The molecule has 1 saturated heterocycles. The Kier molecular flexibility index (Phi) is 6.11. The number of amides is 1. The van der Waals surface area contributed by atoms with E-state index in [2.05, 4.69) is 0 Å². The van der Waals surface area contributed by atoms with E-state index in [4.69, 9.17) is 5.73 Å². The van der Waals surface area contributed by atoms with E-state index < -0.39 is 4.92 Å². The van der Waals surface area contributed by atoms with Gasteiger partial charge in [0.1, 0.15) is 5.56 Å². The SMILES string of the molecule is Cc1cccc([N+](=O)[O-])c1C(=O)N1CCCC(CN)C1.Cl. The summed E-state index contributed by atoms with van der Waals surface area (Å²) in [5.74, 6) is 0.0312. The lowest BCUT2D eigenvalue weighted by Gasteiger charge is -2.32. The Morgan fingerprint density at radius 2 is 2.24 bits per heavy atom. The van der Waals surface area contributed by atoms with E-state index >= 15 is 0 Å². The molecule has 0 spiro atoms. The molecule has 0 saturated carbocycles. The van der Waals surface area contributed by atoms with Gasteiger partial charge in [0.2, 0.25) is 0 Å². The summed E-state index contributed by atoms with van der Waals surface area (Å²) >= 11 is 0. The Morgan fingerprint density at radius 3 is 2.86 bits per heavy atom. The second-order valence-corrected chi connectivity index (χ2v) is 5.22. The van der Waals surface area contributed by atoms with Gasteiger partial charge in [0.05, 0.1) is 4.92 Å². The first-order valence-electron chi connectivity index (χ1n) is 6.78. The van der Waals surface area contributed by atoms with Crippen LogP contribution in [-0.2, 0) is 0 Å². The molecule has 0 aliphatic carbocycles. The number of halogens is 1. The average molecular weight is 314 g/mol.